The first-order valence-electron chi connectivity index (χ1n) is 7.85. The van der Waals surface area contributed by atoms with Gasteiger partial charge in [-0.25, -0.2) is 4.39 Å². The van der Waals surface area contributed by atoms with Gasteiger partial charge in [-0.2, -0.15) is 0 Å². The van der Waals surface area contributed by atoms with Crippen molar-refractivity contribution in [3.63, 3.8) is 0 Å². The summed E-state index contributed by atoms with van der Waals surface area (Å²) in [5, 5.41) is 8.93. The predicted octanol–water partition coefficient (Wildman–Crippen LogP) is 1.76. The van der Waals surface area contributed by atoms with E-state index in [1.165, 1.54) is 6.07 Å². The Kier molecular flexibility index (Phi) is 4.45. The third-order valence-electron chi connectivity index (χ3n) is 4.95. The van der Waals surface area contributed by atoms with Crippen LogP contribution in [0.4, 0.5) is 4.39 Å². The van der Waals surface area contributed by atoms with E-state index in [0.29, 0.717) is 19.7 Å². The van der Waals surface area contributed by atoms with Crippen molar-refractivity contribution in [1.29, 1.82) is 0 Å². The number of aliphatic hydroxyl groups is 1. The first kappa shape index (κ1) is 15.4. The standard InChI is InChI=1S/C17H22FNO3/c18-14-3-1-2-13(8-14)9-15-10-17(12-22-15)4-6-19(7-5-17)16(21)11-20/h1-3,8,15,20H,4-7,9-12H2. The van der Waals surface area contributed by atoms with Crippen molar-refractivity contribution in [3.8, 4) is 0 Å². The molecule has 1 N–H and O–H groups in total. The summed E-state index contributed by atoms with van der Waals surface area (Å²) in [6.45, 7) is 1.69. The van der Waals surface area contributed by atoms with Gasteiger partial charge < -0.3 is 14.7 Å². The molecule has 1 atom stereocenters. The summed E-state index contributed by atoms with van der Waals surface area (Å²) >= 11 is 0. The van der Waals surface area contributed by atoms with Crippen LogP contribution in [0.2, 0.25) is 0 Å². The van der Waals surface area contributed by atoms with E-state index in [2.05, 4.69) is 0 Å². The van der Waals surface area contributed by atoms with Crippen LogP contribution in [0.25, 0.3) is 0 Å². The molecule has 1 spiro atoms. The van der Waals surface area contributed by atoms with Gasteiger partial charge in [0.2, 0.25) is 5.91 Å². The SMILES string of the molecule is O=C(CO)N1CCC2(CC1)COC(Cc1cccc(F)c1)C2. The van der Waals surface area contributed by atoms with E-state index in [4.69, 9.17) is 9.84 Å². The summed E-state index contributed by atoms with van der Waals surface area (Å²) in [5.41, 5.74) is 1.11. The van der Waals surface area contributed by atoms with Crippen molar-refractivity contribution in [1.82, 2.24) is 4.90 Å². The van der Waals surface area contributed by atoms with Crippen LogP contribution < -0.4 is 0 Å². The van der Waals surface area contributed by atoms with Crippen LogP contribution in [0.5, 0.6) is 0 Å². The van der Waals surface area contributed by atoms with Gasteiger partial charge in [-0.05, 0) is 48.8 Å². The number of piperidine rings is 1. The minimum atomic E-state index is -0.411. The van der Waals surface area contributed by atoms with Gasteiger partial charge in [0.05, 0.1) is 12.7 Å². The smallest absolute Gasteiger partial charge is 0.248 e. The molecule has 2 heterocycles. The van der Waals surface area contributed by atoms with Crippen LogP contribution in [0, 0.1) is 11.2 Å². The average molecular weight is 307 g/mol. The predicted molar refractivity (Wildman–Crippen MR) is 79.8 cm³/mol. The number of halogens is 1. The lowest BCUT2D eigenvalue weighted by atomic mass is 9.76. The molecule has 120 valence electrons. The molecule has 22 heavy (non-hydrogen) atoms. The minimum absolute atomic E-state index is 0.127. The second kappa shape index (κ2) is 6.34. The molecular formula is C17H22FNO3. The Bertz CT molecular complexity index is 540. The highest BCUT2D eigenvalue weighted by Gasteiger charge is 2.42. The number of carbonyl (C=O) groups excluding carboxylic acids is 1. The van der Waals surface area contributed by atoms with Gasteiger partial charge in [0.25, 0.3) is 0 Å². The number of benzene rings is 1. The van der Waals surface area contributed by atoms with Crippen molar-refractivity contribution < 1.29 is 19.0 Å². The lowest BCUT2D eigenvalue weighted by Crippen LogP contribution is -2.44. The molecule has 1 aromatic carbocycles. The Morgan fingerprint density at radius 3 is 2.86 bits per heavy atom. The van der Waals surface area contributed by atoms with E-state index >= 15 is 0 Å². The number of amides is 1. The zero-order chi connectivity index (χ0) is 15.6. The molecule has 0 aromatic heterocycles. The summed E-state index contributed by atoms with van der Waals surface area (Å²) in [5.74, 6) is -0.397. The van der Waals surface area contributed by atoms with E-state index in [1.54, 1.807) is 17.0 Å². The van der Waals surface area contributed by atoms with Gasteiger partial charge >= 0.3 is 0 Å². The van der Waals surface area contributed by atoms with Gasteiger partial charge in [-0.1, -0.05) is 12.1 Å². The monoisotopic (exact) mass is 307 g/mol. The van der Waals surface area contributed by atoms with E-state index in [9.17, 15) is 9.18 Å². The van der Waals surface area contributed by atoms with Crippen molar-refractivity contribution in [2.45, 2.75) is 31.8 Å². The van der Waals surface area contributed by atoms with Gasteiger partial charge in [-0.15, -0.1) is 0 Å². The number of hydrogen-bond donors (Lipinski definition) is 1. The highest BCUT2D eigenvalue weighted by molar-refractivity contribution is 5.77. The van der Waals surface area contributed by atoms with Crippen LogP contribution in [-0.4, -0.2) is 48.3 Å². The summed E-state index contributed by atoms with van der Waals surface area (Å²) < 4.78 is 19.2. The number of ether oxygens (including phenoxy) is 1. The largest absolute Gasteiger partial charge is 0.387 e. The molecule has 1 unspecified atom stereocenters. The molecule has 4 nitrogen and oxygen atoms in total. The van der Waals surface area contributed by atoms with E-state index in [-0.39, 0.29) is 23.2 Å². The fraction of sp³-hybridized carbons (Fsp3) is 0.588. The molecule has 2 aliphatic rings. The van der Waals surface area contributed by atoms with Crippen LogP contribution >= 0.6 is 0 Å². The molecule has 1 amide bonds. The highest BCUT2D eigenvalue weighted by atomic mass is 19.1. The molecule has 2 aliphatic heterocycles. The van der Waals surface area contributed by atoms with Gasteiger partial charge in [0, 0.05) is 13.1 Å². The fourth-order valence-electron chi connectivity index (χ4n) is 3.63. The molecule has 1 aromatic rings. The van der Waals surface area contributed by atoms with Gasteiger partial charge in [0.15, 0.2) is 0 Å². The third kappa shape index (κ3) is 3.31. The minimum Gasteiger partial charge on any atom is -0.387 e. The fourth-order valence-corrected chi connectivity index (χ4v) is 3.63. The lowest BCUT2D eigenvalue weighted by Gasteiger charge is -2.38. The summed E-state index contributed by atoms with van der Waals surface area (Å²) in [4.78, 5) is 13.2. The van der Waals surface area contributed by atoms with E-state index < -0.39 is 6.61 Å². The zero-order valence-corrected chi connectivity index (χ0v) is 12.6. The van der Waals surface area contributed by atoms with Crippen molar-refractivity contribution in [3.05, 3.63) is 35.6 Å². The number of carbonyl (C=O) groups is 1. The molecule has 5 heteroatoms. The summed E-state index contributed by atoms with van der Waals surface area (Å²) in [7, 11) is 0. The van der Waals surface area contributed by atoms with Crippen LogP contribution in [0.15, 0.2) is 24.3 Å². The second-order valence-corrected chi connectivity index (χ2v) is 6.51. The molecule has 0 radical (unpaired) electrons. The molecule has 2 fully saturated rings. The maximum Gasteiger partial charge on any atom is 0.248 e. The number of nitrogens with zero attached hydrogens (tertiary/aromatic N) is 1. The molecule has 0 bridgehead atoms. The van der Waals surface area contributed by atoms with Crippen LogP contribution in [-0.2, 0) is 16.0 Å². The zero-order valence-electron chi connectivity index (χ0n) is 12.6. The number of likely N-dealkylation sites (tertiary alicyclic amines) is 1. The van der Waals surface area contributed by atoms with Crippen molar-refractivity contribution in [2.24, 2.45) is 5.41 Å². The average Bonchev–Trinajstić information content (AvgIpc) is 2.90. The third-order valence-corrected chi connectivity index (χ3v) is 4.95. The maximum absolute atomic E-state index is 13.2. The maximum atomic E-state index is 13.2. The summed E-state index contributed by atoms with van der Waals surface area (Å²) in [6.07, 6.45) is 3.65. The van der Waals surface area contributed by atoms with Crippen molar-refractivity contribution in [2.75, 3.05) is 26.3 Å². The number of aliphatic hydroxyl groups excluding tert-OH is 1. The molecule has 3 rings (SSSR count). The number of hydrogen-bond acceptors (Lipinski definition) is 3. The number of rotatable bonds is 3. The first-order valence-corrected chi connectivity index (χ1v) is 7.85. The van der Waals surface area contributed by atoms with Crippen LogP contribution in [0.3, 0.4) is 0 Å². The van der Waals surface area contributed by atoms with E-state index in [0.717, 1.165) is 31.2 Å². The van der Waals surface area contributed by atoms with Crippen LogP contribution in [0.1, 0.15) is 24.8 Å². The normalized spacial score (nSPS) is 23.9. The second-order valence-electron chi connectivity index (χ2n) is 6.51. The Balaban J connectivity index is 1.55. The summed E-state index contributed by atoms with van der Waals surface area (Å²) in [6, 6.07) is 6.68. The quantitative estimate of drug-likeness (QED) is 0.926. The first-order chi connectivity index (χ1) is 10.6. The molecule has 0 saturated carbocycles. The highest BCUT2D eigenvalue weighted by Crippen LogP contribution is 2.42. The van der Waals surface area contributed by atoms with Gasteiger partial charge in [0.1, 0.15) is 12.4 Å². The van der Waals surface area contributed by atoms with E-state index in [1.807, 2.05) is 6.07 Å². The van der Waals surface area contributed by atoms with Crippen molar-refractivity contribution >= 4 is 5.91 Å². The van der Waals surface area contributed by atoms with Gasteiger partial charge in [-0.3, -0.25) is 4.79 Å². The molecular weight excluding hydrogens is 285 g/mol. The Labute approximate surface area is 129 Å². The molecule has 0 aliphatic carbocycles. The Morgan fingerprint density at radius 1 is 1.41 bits per heavy atom. The Hall–Kier alpha value is -1.46. The lowest BCUT2D eigenvalue weighted by molar-refractivity contribution is -0.136. The molecule has 2 saturated heterocycles. The Morgan fingerprint density at radius 2 is 2.18 bits per heavy atom. The topological polar surface area (TPSA) is 49.8 Å².